The van der Waals surface area contributed by atoms with E-state index in [4.69, 9.17) is 4.74 Å². The highest BCUT2D eigenvalue weighted by atomic mass is 16.5. The van der Waals surface area contributed by atoms with Crippen molar-refractivity contribution < 1.29 is 9.53 Å². The Bertz CT molecular complexity index is 636. The molecule has 0 spiro atoms. The van der Waals surface area contributed by atoms with E-state index in [-0.39, 0.29) is 0 Å². The largest absolute Gasteiger partial charge is 0.496 e. The lowest BCUT2D eigenvalue weighted by Crippen LogP contribution is -2.22. The minimum Gasteiger partial charge on any atom is -0.496 e. The molecule has 0 bridgehead atoms. The molecular formula is C15H17N3O2. The molecule has 5 nitrogen and oxygen atoms in total. The van der Waals surface area contributed by atoms with Crippen LogP contribution in [0.25, 0.3) is 10.8 Å². The number of aromatic nitrogens is 1. The highest BCUT2D eigenvalue weighted by Gasteiger charge is 2.16. The van der Waals surface area contributed by atoms with E-state index in [0.29, 0.717) is 17.4 Å². The maximum Gasteiger partial charge on any atom is 0.153 e. The van der Waals surface area contributed by atoms with Crippen molar-refractivity contribution >= 4 is 22.9 Å². The van der Waals surface area contributed by atoms with Crippen molar-refractivity contribution in [1.82, 2.24) is 10.3 Å². The van der Waals surface area contributed by atoms with Crippen LogP contribution in [0.2, 0.25) is 0 Å². The van der Waals surface area contributed by atoms with Crippen LogP contribution in [0, 0.1) is 0 Å². The summed E-state index contributed by atoms with van der Waals surface area (Å²) in [5.41, 5.74) is 0.555. The van der Waals surface area contributed by atoms with Crippen molar-refractivity contribution in [3.8, 4) is 5.75 Å². The Labute approximate surface area is 117 Å². The number of carbonyl (C=O) groups is 1. The van der Waals surface area contributed by atoms with Crippen LogP contribution in [0.4, 0.5) is 5.82 Å². The quantitative estimate of drug-likeness (QED) is 0.831. The molecule has 1 aliphatic heterocycles. The Morgan fingerprint density at radius 1 is 1.50 bits per heavy atom. The Hall–Kier alpha value is -2.14. The molecule has 0 aliphatic carbocycles. The Kier molecular flexibility index (Phi) is 3.52. The van der Waals surface area contributed by atoms with Crippen molar-refractivity contribution in [3.05, 3.63) is 30.0 Å². The van der Waals surface area contributed by atoms with Gasteiger partial charge in [-0.3, -0.25) is 4.79 Å². The van der Waals surface area contributed by atoms with Gasteiger partial charge in [-0.15, -0.1) is 0 Å². The van der Waals surface area contributed by atoms with Crippen LogP contribution in [-0.2, 0) is 0 Å². The minimum absolute atomic E-state index is 0.393. The lowest BCUT2D eigenvalue weighted by atomic mass is 10.1. The number of methoxy groups -OCH3 is 1. The van der Waals surface area contributed by atoms with E-state index in [1.54, 1.807) is 13.3 Å². The molecule has 1 aromatic carbocycles. The van der Waals surface area contributed by atoms with Gasteiger partial charge in [0.15, 0.2) is 6.29 Å². The summed E-state index contributed by atoms with van der Waals surface area (Å²) >= 11 is 0. The molecule has 1 aromatic heterocycles. The van der Waals surface area contributed by atoms with Crippen molar-refractivity contribution in [3.63, 3.8) is 0 Å². The zero-order valence-corrected chi connectivity index (χ0v) is 11.3. The van der Waals surface area contributed by atoms with E-state index in [2.05, 4.69) is 15.6 Å². The van der Waals surface area contributed by atoms with Gasteiger partial charge in [0.1, 0.15) is 11.6 Å². The van der Waals surface area contributed by atoms with Gasteiger partial charge in [0.2, 0.25) is 0 Å². The molecular weight excluding hydrogens is 254 g/mol. The number of hydrogen-bond acceptors (Lipinski definition) is 5. The van der Waals surface area contributed by atoms with Gasteiger partial charge in [-0.25, -0.2) is 4.98 Å². The zero-order valence-electron chi connectivity index (χ0n) is 11.3. The zero-order chi connectivity index (χ0) is 13.9. The van der Waals surface area contributed by atoms with Crippen molar-refractivity contribution in [1.29, 1.82) is 0 Å². The fourth-order valence-electron chi connectivity index (χ4n) is 2.57. The van der Waals surface area contributed by atoms with E-state index in [1.807, 2.05) is 18.2 Å². The molecule has 1 aliphatic rings. The maximum absolute atomic E-state index is 11.1. The highest BCUT2D eigenvalue weighted by Crippen LogP contribution is 2.29. The van der Waals surface area contributed by atoms with Crippen LogP contribution in [-0.4, -0.2) is 37.5 Å². The Balaban J connectivity index is 2.05. The molecule has 1 atom stereocenters. The summed E-state index contributed by atoms with van der Waals surface area (Å²) in [4.78, 5) is 15.5. The van der Waals surface area contributed by atoms with Gasteiger partial charge in [-0.1, -0.05) is 0 Å². The normalized spacial score (nSPS) is 18.1. The number of pyridine rings is 1. The summed E-state index contributed by atoms with van der Waals surface area (Å²) in [6, 6.07) is 6.00. The highest BCUT2D eigenvalue weighted by molar-refractivity contribution is 5.97. The summed E-state index contributed by atoms with van der Waals surface area (Å²) in [6.45, 7) is 1.97. The smallest absolute Gasteiger partial charge is 0.153 e. The van der Waals surface area contributed by atoms with Crippen molar-refractivity contribution in [2.75, 3.05) is 25.5 Å². The number of nitrogens with one attached hydrogen (secondary N) is 2. The van der Waals surface area contributed by atoms with Crippen LogP contribution in [0.1, 0.15) is 16.8 Å². The number of nitrogens with zero attached hydrogens (tertiary/aromatic N) is 1. The topological polar surface area (TPSA) is 63.2 Å². The van der Waals surface area contributed by atoms with Crippen LogP contribution >= 0.6 is 0 Å². The standard InChI is InChI=1S/C15H17N3O2/c1-20-14-7-13-10(6-11(14)9-19)2-5-17-15(13)18-12-3-4-16-8-12/h2,5-7,9,12,16H,3-4,8H2,1H3,(H,17,18). The second-order valence-electron chi connectivity index (χ2n) is 4.93. The molecule has 1 saturated heterocycles. The third-order valence-corrected chi connectivity index (χ3v) is 3.64. The summed E-state index contributed by atoms with van der Waals surface area (Å²) in [7, 11) is 1.57. The average molecular weight is 271 g/mol. The molecule has 20 heavy (non-hydrogen) atoms. The molecule has 3 rings (SSSR count). The van der Waals surface area contributed by atoms with E-state index in [0.717, 1.165) is 42.4 Å². The van der Waals surface area contributed by atoms with Crippen LogP contribution in [0.15, 0.2) is 24.4 Å². The van der Waals surface area contributed by atoms with Gasteiger partial charge in [0, 0.05) is 24.2 Å². The molecule has 0 saturated carbocycles. The number of rotatable bonds is 4. The summed E-state index contributed by atoms with van der Waals surface area (Å²) in [5, 5.41) is 8.73. The summed E-state index contributed by atoms with van der Waals surface area (Å²) in [5.74, 6) is 1.42. The Morgan fingerprint density at radius 3 is 3.10 bits per heavy atom. The number of aldehydes is 1. The molecule has 5 heteroatoms. The van der Waals surface area contributed by atoms with Crippen LogP contribution in [0.3, 0.4) is 0 Å². The number of fused-ring (bicyclic) bond motifs is 1. The number of benzene rings is 1. The molecule has 0 amide bonds. The Morgan fingerprint density at radius 2 is 2.40 bits per heavy atom. The third-order valence-electron chi connectivity index (χ3n) is 3.64. The van der Waals surface area contributed by atoms with Crippen LogP contribution < -0.4 is 15.4 Å². The predicted molar refractivity (Wildman–Crippen MR) is 78.6 cm³/mol. The third kappa shape index (κ3) is 2.32. The van der Waals surface area contributed by atoms with Gasteiger partial charge in [0.05, 0.1) is 12.7 Å². The summed E-state index contributed by atoms with van der Waals surface area (Å²) in [6.07, 6.45) is 3.66. The first kappa shape index (κ1) is 12.9. The van der Waals surface area contributed by atoms with Gasteiger partial charge < -0.3 is 15.4 Å². The number of ether oxygens (including phenoxy) is 1. The first-order valence-corrected chi connectivity index (χ1v) is 6.71. The first-order valence-electron chi connectivity index (χ1n) is 6.71. The monoisotopic (exact) mass is 271 g/mol. The maximum atomic E-state index is 11.1. The minimum atomic E-state index is 0.393. The molecule has 0 radical (unpaired) electrons. The van der Waals surface area contributed by atoms with E-state index < -0.39 is 0 Å². The first-order chi connectivity index (χ1) is 9.81. The SMILES string of the molecule is COc1cc2c(NC3CCNC3)nccc2cc1C=O. The van der Waals surface area contributed by atoms with Gasteiger partial charge >= 0.3 is 0 Å². The summed E-state index contributed by atoms with van der Waals surface area (Å²) < 4.78 is 5.27. The molecule has 1 unspecified atom stereocenters. The molecule has 2 N–H and O–H groups in total. The second kappa shape index (κ2) is 5.46. The fourth-order valence-corrected chi connectivity index (χ4v) is 2.57. The lowest BCUT2D eigenvalue weighted by Gasteiger charge is -2.15. The number of anilines is 1. The number of carbonyl (C=O) groups excluding carboxylic acids is 1. The van der Waals surface area contributed by atoms with Gasteiger partial charge in [-0.05, 0) is 36.6 Å². The molecule has 2 aromatic rings. The molecule has 2 heterocycles. The molecule has 1 fully saturated rings. The second-order valence-corrected chi connectivity index (χ2v) is 4.93. The van der Waals surface area contributed by atoms with Crippen molar-refractivity contribution in [2.24, 2.45) is 0 Å². The van der Waals surface area contributed by atoms with Crippen LogP contribution in [0.5, 0.6) is 5.75 Å². The van der Waals surface area contributed by atoms with E-state index in [1.165, 1.54) is 0 Å². The van der Waals surface area contributed by atoms with E-state index >= 15 is 0 Å². The number of hydrogen-bond donors (Lipinski definition) is 2. The van der Waals surface area contributed by atoms with Gasteiger partial charge in [0.25, 0.3) is 0 Å². The van der Waals surface area contributed by atoms with E-state index in [9.17, 15) is 4.79 Å². The average Bonchev–Trinajstić information content (AvgIpc) is 2.99. The van der Waals surface area contributed by atoms with Crippen molar-refractivity contribution in [2.45, 2.75) is 12.5 Å². The lowest BCUT2D eigenvalue weighted by molar-refractivity contribution is 0.112. The fraction of sp³-hybridized carbons (Fsp3) is 0.333. The van der Waals surface area contributed by atoms with Gasteiger partial charge in [-0.2, -0.15) is 0 Å². The molecule has 104 valence electrons. The predicted octanol–water partition coefficient (Wildman–Crippen LogP) is 1.83.